The highest BCUT2D eigenvalue weighted by molar-refractivity contribution is 5.83. The molecule has 0 aromatic heterocycles. The number of nitrogens with zero attached hydrogens (tertiary/aromatic N) is 1. The van der Waals surface area contributed by atoms with E-state index in [2.05, 4.69) is 5.32 Å². The van der Waals surface area contributed by atoms with Crippen LogP contribution >= 0.6 is 0 Å². The minimum Gasteiger partial charge on any atom is -0.480 e. The fraction of sp³-hybridized carbons (Fsp3) is 0.857. The highest BCUT2D eigenvalue weighted by Gasteiger charge is 2.44. The fourth-order valence-electron chi connectivity index (χ4n) is 2.83. The van der Waals surface area contributed by atoms with Crippen LogP contribution in [0.25, 0.3) is 0 Å². The number of carbonyl (C=O) groups is 2. The maximum Gasteiger partial charge on any atom is 0.327 e. The largest absolute Gasteiger partial charge is 0.480 e. The zero-order chi connectivity index (χ0) is 14.6. The van der Waals surface area contributed by atoms with Gasteiger partial charge in [-0.15, -0.1) is 0 Å². The molecule has 5 nitrogen and oxygen atoms in total. The zero-order valence-electron chi connectivity index (χ0n) is 12.4. The van der Waals surface area contributed by atoms with E-state index in [1.807, 2.05) is 27.7 Å². The Kier molecular flexibility index (Phi) is 5.20. The molecule has 19 heavy (non-hydrogen) atoms. The number of piperidine rings is 1. The maximum absolute atomic E-state index is 12.3. The van der Waals surface area contributed by atoms with Gasteiger partial charge in [0.2, 0.25) is 0 Å². The third-order valence-electron chi connectivity index (χ3n) is 4.08. The molecule has 0 aliphatic carbocycles. The van der Waals surface area contributed by atoms with E-state index in [1.165, 1.54) is 4.90 Å². The molecule has 0 radical (unpaired) electrons. The van der Waals surface area contributed by atoms with Gasteiger partial charge in [0.15, 0.2) is 0 Å². The molecular weight excluding hydrogens is 244 g/mol. The topological polar surface area (TPSA) is 69.6 Å². The monoisotopic (exact) mass is 270 g/mol. The molecule has 1 atom stereocenters. The Bertz CT molecular complexity index is 338. The second-order valence-electron chi connectivity index (χ2n) is 5.99. The number of urea groups is 1. The highest BCUT2D eigenvalue weighted by atomic mass is 16.4. The molecule has 1 fully saturated rings. The van der Waals surface area contributed by atoms with Crippen LogP contribution in [0.2, 0.25) is 0 Å². The molecule has 2 N–H and O–H groups in total. The Balaban J connectivity index is 2.84. The molecule has 0 saturated carbocycles. The van der Waals surface area contributed by atoms with Gasteiger partial charge in [-0.1, -0.05) is 27.7 Å². The number of likely N-dealkylation sites (tertiary alicyclic amines) is 1. The first kappa shape index (κ1) is 15.8. The molecule has 110 valence electrons. The minimum atomic E-state index is -0.913. The van der Waals surface area contributed by atoms with Crippen molar-refractivity contribution in [3.05, 3.63) is 0 Å². The third kappa shape index (κ3) is 3.61. The number of nitrogens with one attached hydrogen (secondary N) is 1. The molecule has 5 heteroatoms. The second kappa shape index (κ2) is 6.26. The number of carboxylic acids is 1. The number of amides is 2. The Hall–Kier alpha value is -1.26. The highest BCUT2D eigenvalue weighted by Crippen LogP contribution is 2.35. The minimum absolute atomic E-state index is 0.118. The summed E-state index contributed by atoms with van der Waals surface area (Å²) in [6.45, 7) is 8.39. The van der Waals surface area contributed by atoms with E-state index in [1.54, 1.807) is 0 Å². The van der Waals surface area contributed by atoms with Crippen molar-refractivity contribution in [3.63, 3.8) is 0 Å². The van der Waals surface area contributed by atoms with Gasteiger partial charge in [0.1, 0.15) is 6.04 Å². The van der Waals surface area contributed by atoms with Gasteiger partial charge in [-0.25, -0.2) is 9.59 Å². The van der Waals surface area contributed by atoms with Crippen LogP contribution in [0.5, 0.6) is 0 Å². The lowest BCUT2D eigenvalue weighted by Crippen LogP contribution is -2.59. The SMILES string of the molecule is CCC(CC)NC(=O)N1CCCC(C)(C)C1C(=O)O. The van der Waals surface area contributed by atoms with Gasteiger partial charge in [-0.2, -0.15) is 0 Å². The van der Waals surface area contributed by atoms with E-state index in [4.69, 9.17) is 0 Å². The van der Waals surface area contributed by atoms with Crippen molar-refractivity contribution in [1.29, 1.82) is 0 Å². The van der Waals surface area contributed by atoms with E-state index < -0.39 is 12.0 Å². The van der Waals surface area contributed by atoms with Gasteiger partial charge in [-0.05, 0) is 31.1 Å². The molecule has 1 aliphatic rings. The summed E-state index contributed by atoms with van der Waals surface area (Å²) in [5, 5.41) is 12.4. The summed E-state index contributed by atoms with van der Waals surface area (Å²) in [6, 6.07) is -0.864. The number of carboxylic acid groups (broad SMARTS) is 1. The van der Waals surface area contributed by atoms with Gasteiger partial charge >= 0.3 is 12.0 Å². The van der Waals surface area contributed by atoms with Gasteiger partial charge in [-0.3, -0.25) is 0 Å². The van der Waals surface area contributed by atoms with E-state index in [-0.39, 0.29) is 17.5 Å². The first-order valence-electron chi connectivity index (χ1n) is 7.13. The lowest BCUT2D eigenvalue weighted by molar-refractivity contribution is -0.148. The first-order chi connectivity index (χ1) is 8.83. The van der Waals surface area contributed by atoms with Crippen LogP contribution in [0, 0.1) is 5.41 Å². The van der Waals surface area contributed by atoms with Gasteiger partial charge < -0.3 is 15.3 Å². The summed E-state index contributed by atoms with van der Waals surface area (Å²) in [5.41, 5.74) is -0.380. The van der Waals surface area contributed by atoms with Gasteiger partial charge in [0, 0.05) is 12.6 Å². The molecule has 1 unspecified atom stereocenters. The van der Waals surface area contributed by atoms with Crippen molar-refractivity contribution in [2.24, 2.45) is 5.41 Å². The number of carbonyl (C=O) groups excluding carboxylic acids is 1. The molecule has 0 aromatic carbocycles. The normalized spacial score (nSPS) is 22.4. The first-order valence-corrected chi connectivity index (χ1v) is 7.13. The number of hydrogen-bond donors (Lipinski definition) is 2. The molecular formula is C14H26N2O3. The number of rotatable bonds is 4. The smallest absolute Gasteiger partial charge is 0.327 e. The van der Waals surface area contributed by atoms with Crippen LogP contribution in [0.4, 0.5) is 4.79 Å². The molecule has 0 bridgehead atoms. The van der Waals surface area contributed by atoms with Gasteiger partial charge in [0.05, 0.1) is 0 Å². The molecule has 1 rings (SSSR count). The van der Waals surface area contributed by atoms with Crippen molar-refractivity contribution in [2.45, 2.75) is 65.5 Å². The molecule has 0 spiro atoms. The Morgan fingerprint density at radius 2 is 1.95 bits per heavy atom. The van der Waals surface area contributed by atoms with Crippen LogP contribution in [0.1, 0.15) is 53.4 Å². The quantitative estimate of drug-likeness (QED) is 0.824. The van der Waals surface area contributed by atoms with E-state index in [0.717, 1.165) is 25.7 Å². The summed E-state index contributed by atoms with van der Waals surface area (Å²) >= 11 is 0. The van der Waals surface area contributed by atoms with Crippen molar-refractivity contribution >= 4 is 12.0 Å². The predicted octanol–water partition coefficient (Wildman–Crippen LogP) is 2.46. The van der Waals surface area contributed by atoms with Crippen molar-refractivity contribution in [3.8, 4) is 0 Å². The van der Waals surface area contributed by atoms with E-state index >= 15 is 0 Å². The second-order valence-corrected chi connectivity index (χ2v) is 5.99. The van der Waals surface area contributed by atoms with Crippen LogP contribution in [0.3, 0.4) is 0 Å². The fourth-order valence-corrected chi connectivity index (χ4v) is 2.83. The number of aliphatic carboxylic acids is 1. The molecule has 2 amide bonds. The average Bonchev–Trinajstić information content (AvgIpc) is 2.33. The summed E-state index contributed by atoms with van der Waals surface area (Å²) in [6.07, 6.45) is 3.40. The van der Waals surface area contributed by atoms with Crippen molar-refractivity contribution in [1.82, 2.24) is 10.2 Å². The lowest BCUT2D eigenvalue weighted by atomic mass is 9.76. The van der Waals surface area contributed by atoms with Crippen LogP contribution in [-0.2, 0) is 4.79 Å². The van der Waals surface area contributed by atoms with E-state index in [9.17, 15) is 14.7 Å². The van der Waals surface area contributed by atoms with Crippen molar-refractivity contribution in [2.75, 3.05) is 6.54 Å². The summed E-state index contributed by atoms with van der Waals surface area (Å²) in [5.74, 6) is -0.913. The third-order valence-corrected chi connectivity index (χ3v) is 4.08. The molecule has 0 aromatic rings. The van der Waals surface area contributed by atoms with Gasteiger partial charge in [0.25, 0.3) is 0 Å². The Morgan fingerprint density at radius 3 is 2.42 bits per heavy atom. The number of hydrogen-bond acceptors (Lipinski definition) is 2. The van der Waals surface area contributed by atoms with Crippen molar-refractivity contribution < 1.29 is 14.7 Å². The zero-order valence-corrected chi connectivity index (χ0v) is 12.4. The summed E-state index contributed by atoms with van der Waals surface area (Å²) in [4.78, 5) is 25.3. The molecule has 1 heterocycles. The van der Waals surface area contributed by atoms with Crippen LogP contribution in [0.15, 0.2) is 0 Å². The standard InChI is InChI=1S/C14H26N2O3/c1-5-10(6-2)15-13(19)16-9-7-8-14(3,4)11(16)12(17)18/h10-11H,5-9H2,1-4H3,(H,15,19)(H,17,18). The maximum atomic E-state index is 12.3. The molecule has 1 aliphatic heterocycles. The Morgan fingerprint density at radius 1 is 1.37 bits per heavy atom. The summed E-state index contributed by atoms with van der Waals surface area (Å²) in [7, 11) is 0. The Labute approximate surface area is 115 Å². The van der Waals surface area contributed by atoms with E-state index in [0.29, 0.717) is 6.54 Å². The summed E-state index contributed by atoms with van der Waals surface area (Å²) < 4.78 is 0. The lowest BCUT2D eigenvalue weighted by Gasteiger charge is -2.44. The predicted molar refractivity (Wildman–Crippen MR) is 74.0 cm³/mol. The van der Waals surface area contributed by atoms with Crippen LogP contribution in [-0.4, -0.2) is 40.6 Å². The molecule has 1 saturated heterocycles. The van der Waals surface area contributed by atoms with Crippen LogP contribution < -0.4 is 5.32 Å². The average molecular weight is 270 g/mol.